The molecule has 0 saturated carbocycles. The zero-order valence-electron chi connectivity index (χ0n) is 7.95. The molecule has 0 saturated heterocycles. The predicted molar refractivity (Wildman–Crippen MR) is 53.1 cm³/mol. The second kappa shape index (κ2) is 5.08. The molecule has 1 aromatic heterocycles. The Kier molecular flexibility index (Phi) is 4.05. The van der Waals surface area contributed by atoms with Crippen LogP contribution in [0.4, 0.5) is 0 Å². The topological polar surface area (TPSA) is 86.9 Å². The highest BCUT2D eigenvalue weighted by Crippen LogP contribution is 1.85. The van der Waals surface area contributed by atoms with E-state index in [0.717, 1.165) is 12.1 Å². The zero-order chi connectivity index (χ0) is 10.4. The van der Waals surface area contributed by atoms with Gasteiger partial charge in [0, 0.05) is 25.5 Å². The van der Waals surface area contributed by atoms with E-state index in [1.54, 1.807) is 12.4 Å². The normalized spacial score (nSPS) is 11.8. The molecule has 0 radical (unpaired) electrons. The predicted octanol–water partition coefficient (Wildman–Crippen LogP) is -0.951. The quantitative estimate of drug-likeness (QED) is 0.537. The van der Waals surface area contributed by atoms with Gasteiger partial charge in [-0.15, -0.1) is 0 Å². The van der Waals surface area contributed by atoms with Gasteiger partial charge in [0.15, 0.2) is 0 Å². The van der Waals surface area contributed by atoms with Gasteiger partial charge in [0.2, 0.25) is 10.0 Å². The second-order valence-electron chi connectivity index (χ2n) is 2.88. The molecule has 1 aromatic rings. The molecule has 0 amide bonds. The highest BCUT2D eigenvalue weighted by molar-refractivity contribution is 7.88. The van der Waals surface area contributed by atoms with Gasteiger partial charge in [0.1, 0.15) is 5.82 Å². The van der Waals surface area contributed by atoms with Gasteiger partial charge in [-0.1, -0.05) is 0 Å². The third kappa shape index (κ3) is 4.95. The fraction of sp³-hybridized carbons (Fsp3) is 0.571. The molecule has 0 aromatic carbocycles. The molecule has 6 nitrogen and oxygen atoms in total. The first kappa shape index (κ1) is 11.2. The fourth-order valence-corrected chi connectivity index (χ4v) is 1.40. The van der Waals surface area contributed by atoms with Gasteiger partial charge >= 0.3 is 0 Å². The molecule has 1 heterocycles. The Morgan fingerprint density at radius 2 is 2.29 bits per heavy atom. The highest BCUT2D eigenvalue weighted by atomic mass is 32.2. The molecule has 0 aliphatic rings. The van der Waals surface area contributed by atoms with Gasteiger partial charge in [0.25, 0.3) is 0 Å². The second-order valence-corrected chi connectivity index (χ2v) is 4.71. The third-order valence-electron chi connectivity index (χ3n) is 1.51. The molecule has 0 bridgehead atoms. The van der Waals surface area contributed by atoms with Crippen LogP contribution in [0.25, 0.3) is 0 Å². The molecule has 14 heavy (non-hydrogen) atoms. The molecule has 0 spiro atoms. The summed E-state index contributed by atoms with van der Waals surface area (Å²) < 4.78 is 23.7. The summed E-state index contributed by atoms with van der Waals surface area (Å²) in [6.45, 7) is 1.58. The molecule has 0 aliphatic carbocycles. The number of aromatic nitrogens is 2. The lowest BCUT2D eigenvalue weighted by atomic mass is 10.5. The SMILES string of the molecule is CS(=O)(=O)NCCNCc1ncc[nH]1. The van der Waals surface area contributed by atoms with Crippen molar-refractivity contribution in [1.82, 2.24) is 20.0 Å². The Bertz CT molecular complexity index is 346. The number of sulfonamides is 1. The van der Waals surface area contributed by atoms with Gasteiger partial charge < -0.3 is 10.3 Å². The summed E-state index contributed by atoms with van der Waals surface area (Å²) in [7, 11) is -3.07. The van der Waals surface area contributed by atoms with Crippen LogP contribution >= 0.6 is 0 Å². The van der Waals surface area contributed by atoms with Crippen LogP contribution in [-0.2, 0) is 16.6 Å². The van der Waals surface area contributed by atoms with Gasteiger partial charge in [-0.05, 0) is 0 Å². The van der Waals surface area contributed by atoms with Crippen LogP contribution < -0.4 is 10.0 Å². The minimum atomic E-state index is -3.07. The van der Waals surface area contributed by atoms with E-state index in [2.05, 4.69) is 20.0 Å². The van der Waals surface area contributed by atoms with Crippen LogP contribution in [0.1, 0.15) is 5.82 Å². The summed E-state index contributed by atoms with van der Waals surface area (Å²) in [6.07, 6.45) is 4.55. The summed E-state index contributed by atoms with van der Waals surface area (Å²) in [6, 6.07) is 0. The monoisotopic (exact) mass is 218 g/mol. The number of aromatic amines is 1. The van der Waals surface area contributed by atoms with Crippen LogP contribution in [0, 0.1) is 0 Å². The average molecular weight is 218 g/mol. The van der Waals surface area contributed by atoms with Gasteiger partial charge in [-0.2, -0.15) is 0 Å². The summed E-state index contributed by atoms with van der Waals surface area (Å²) in [4.78, 5) is 6.94. The first-order valence-electron chi connectivity index (χ1n) is 4.21. The first-order chi connectivity index (χ1) is 6.58. The van der Waals surface area contributed by atoms with E-state index in [9.17, 15) is 8.42 Å². The minimum absolute atomic E-state index is 0.388. The third-order valence-corrected chi connectivity index (χ3v) is 2.24. The van der Waals surface area contributed by atoms with Crippen LogP contribution in [0.15, 0.2) is 12.4 Å². The lowest BCUT2D eigenvalue weighted by Crippen LogP contribution is -2.30. The number of H-pyrrole nitrogens is 1. The maximum atomic E-state index is 10.7. The van der Waals surface area contributed by atoms with Crippen molar-refractivity contribution in [3.8, 4) is 0 Å². The number of nitrogens with zero attached hydrogens (tertiary/aromatic N) is 1. The molecule has 3 N–H and O–H groups in total. The Labute approximate surface area is 83.2 Å². The molecular weight excluding hydrogens is 204 g/mol. The van der Waals surface area contributed by atoms with Crippen molar-refractivity contribution < 1.29 is 8.42 Å². The molecule has 0 unspecified atom stereocenters. The van der Waals surface area contributed by atoms with E-state index in [4.69, 9.17) is 0 Å². The first-order valence-corrected chi connectivity index (χ1v) is 6.11. The average Bonchev–Trinajstić information content (AvgIpc) is 2.54. The Morgan fingerprint density at radius 1 is 1.50 bits per heavy atom. The van der Waals surface area contributed by atoms with E-state index in [1.165, 1.54) is 0 Å². The smallest absolute Gasteiger partial charge is 0.208 e. The lowest BCUT2D eigenvalue weighted by molar-refractivity contribution is 0.580. The summed E-state index contributed by atoms with van der Waals surface area (Å²) in [5.41, 5.74) is 0. The van der Waals surface area contributed by atoms with Crippen molar-refractivity contribution in [3.05, 3.63) is 18.2 Å². The number of hydrogen-bond donors (Lipinski definition) is 3. The van der Waals surface area contributed by atoms with E-state index in [0.29, 0.717) is 19.6 Å². The van der Waals surface area contributed by atoms with Crippen LogP contribution in [0.3, 0.4) is 0 Å². The zero-order valence-corrected chi connectivity index (χ0v) is 8.76. The van der Waals surface area contributed by atoms with Crippen molar-refractivity contribution in [2.45, 2.75) is 6.54 Å². The standard InChI is InChI=1S/C7H14N4O2S/c1-14(12,13)11-5-2-8-6-7-9-3-4-10-7/h3-4,8,11H,2,5-6H2,1H3,(H,9,10). The number of imidazole rings is 1. The Morgan fingerprint density at radius 3 is 2.86 bits per heavy atom. The van der Waals surface area contributed by atoms with Crippen molar-refractivity contribution >= 4 is 10.0 Å². The summed E-state index contributed by atoms with van der Waals surface area (Å²) >= 11 is 0. The maximum absolute atomic E-state index is 10.7. The number of nitrogens with one attached hydrogen (secondary N) is 3. The maximum Gasteiger partial charge on any atom is 0.208 e. The largest absolute Gasteiger partial charge is 0.348 e. The van der Waals surface area contributed by atoms with Crippen molar-refractivity contribution in [3.63, 3.8) is 0 Å². The molecule has 80 valence electrons. The van der Waals surface area contributed by atoms with Gasteiger partial charge in [-0.3, -0.25) is 0 Å². The summed E-state index contributed by atoms with van der Waals surface area (Å²) in [5, 5.41) is 3.04. The highest BCUT2D eigenvalue weighted by Gasteiger charge is 1.98. The van der Waals surface area contributed by atoms with Crippen LogP contribution in [0.2, 0.25) is 0 Å². The Hall–Kier alpha value is -0.920. The summed E-state index contributed by atoms with van der Waals surface area (Å²) in [5.74, 6) is 0.837. The molecular formula is C7H14N4O2S. The van der Waals surface area contributed by atoms with Crippen molar-refractivity contribution in [2.24, 2.45) is 0 Å². The number of hydrogen-bond acceptors (Lipinski definition) is 4. The number of rotatable bonds is 6. The fourth-order valence-electron chi connectivity index (χ4n) is 0.926. The minimum Gasteiger partial charge on any atom is -0.348 e. The van der Waals surface area contributed by atoms with E-state index in [-0.39, 0.29) is 0 Å². The van der Waals surface area contributed by atoms with E-state index in [1.807, 2.05) is 0 Å². The van der Waals surface area contributed by atoms with Crippen LogP contribution in [-0.4, -0.2) is 37.7 Å². The molecule has 0 atom stereocenters. The molecule has 1 rings (SSSR count). The van der Waals surface area contributed by atoms with E-state index < -0.39 is 10.0 Å². The van der Waals surface area contributed by atoms with Gasteiger partial charge in [0.05, 0.1) is 12.8 Å². The van der Waals surface area contributed by atoms with Gasteiger partial charge in [-0.25, -0.2) is 18.1 Å². The van der Waals surface area contributed by atoms with Crippen LogP contribution in [0.5, 0.6) is 0 Å². The van der Waals surface area contributed by atoms with Crippen molar-refractivity contribution in [2.75, 3.05) is 19.3 Å². The molecule has 0 aliphatic heterocycles. The Balaban J connectivity index is 2.06. The van der Waals surface area contributed by atoms with Crippen molar-refractivity contribution in [1.29, 1.82) is 0 Å². The van der Waals surface area contributed by atoms with E-state index >= 15 is 0 Å². The molecule has 7 heteroatoms. The lowest BCUT2D eigenvalue weighted by Gasteiger charge is -2.03. The molecule has 0 fully saturated rings.